The van der Waals surface area contributed by atoms with E-state index in [4.69, 9.17) is 4.74 Å². The first-order chi connectivity index (χ1) is 11.7. The Balaban J connectivity index is 1.57. The Labute approximate surface area is 139 Å². The number of nitrogens with zero attached hydrogens (tertiary/aromatic N) is 4. The maximum atomic E-state index is 12.0. The molecule has 0 saturated carbocycles. The summed E-state index contributed by atoms with van der Waals surface area (Å²) in [6.07, 6.45) is 4.68. The van der Waals surface area contributed by atoms with E-state index in [-0.39, 0.29) is 12.5 Å². The van der Waals surface area contributed by atoms with Crippen LogP contribution in [0.5, 0.6) is 0 Å². The minimum absolute atomic E-state index is 0.0475. The van der Waals surface area contributed by atoms with Crippen molar-refractivity contribution in [2.75, 3.05) is 31.2 Å². The Hall–Kier alpha value is -2.74. The molecule has 0 spiro atoms. The van der Waals surface area contributed by atoms with Crippen molar-refractivity contribution in [2.24, 2.45) is 0 Å². The van der Waals surface area contributed by atoms with Crippen molar-refractivity contribution >= 4 is 11.7 Å². The van der Waals surface area contributed by atoms with Crippen molar-refractivity contribution in [3.05, 3.63) is 52.8 Å². The van der Waals surface area contributed by atoms with Gasteiger partial charge in [0.1, 0.15) is 12.4 Å². The number of morpholine rings is 1. The molecule has 24 heavy (non-hydrogen) atoms. The van der Waals surface area contributed by atoms with Gasteiger partial charge in [-0.25, -0.2) is 14.8 Å². The van der Waals surface area contributed by atoms with E-state index in [1.54, 1.807) is 12.3 Å². The van der Waals surface area contributed by atoms with Crippen LogP contribution in [0, 0.1) is 0 Å². The molecule has 8 heteroatoms. The van der Waals surface area contributed by atoms with E-state index in [0.717, 1.165) is 24.5 Å². The highest BCUT2D eigenvalue weighted by Gasteiger charge is 2.12. The molecule has 1 saturated heterocycles. The van der Waals surface area contributed by atoms with Crippen molar-refractivity contribution in [1.82, 2.24) is 19.9 Å². The number of nitrogens with one attached hydrogen (secondary N) is 1. The molecule has 3 heterocycles. The van der Waals surface area contributed by atoms with Gasteiger partial charge >= 0.3 is 5.69 Å². The van der Waals surface area contributed by atoms with Crippen molar-refractivity contribution in [1.29, 1.82) is 0 Å². The number of pyridine rings is 1. The lowest BCUT2D eigenvalue weighted by Gasteiger charge is -2.28. The van der Waals surface area contributed by atoms with Gasteiger partial charge in [-0.3, -0.25) is 9.36 Å². The van der Waals surface area contributed by atoms with Crippen molar-refractivity contribution in [3.63, 3.8) is 0 Å². The van der Waals surface area contributed by atoms with E-state index in [9.17, 15) is 9.59 Å². The molecule has 1 N–H and O–H groups in total. The molecular weight excluding hydrogens is 310 g/mol. The van der Waals surface area contributed by atoms with Crippen LogP contribution in [0.1, 0.15) is 5.56 Å². The Morgan fingerprint density at radius 2 is 2.08 bits per heavy atom. The van der Waals surface area contributed by atoms with Gasteiger partial charge in [-0.2, -0.15) is 0 Å². The van der Waals surface area contributed by atoms with Crippen LogP contribution in [-0.4, -0.2) is 46.7 Å². The zero-order chi connectivity index (χ0) is 16.8. The smallest absolute Gasteiger partial charge is 0.347 e. The number of aromatic nitrogens is 3. The van der Waals surface area contributed by atoms with Crippen molar-refractivity contribution < 1.29 is 9.53 Å². The molecule has 0 atom stereocenters. The lowest BCUT2D eigenvalue weighted by molar-refractivity contribution is -0.121. The molecule has 0 radical (unpaired) electrons. The summed E-state index contributed by atoms with van der Waals surface area (Å²) < 4.78 is 6.60. The lowest BCUT2D eigenvalue weighted by Crippen LogP contribution is -2.37. The predicted molar refractivity (Wildman–Crippen MR) is 87.6 cm³/mol. The number of carbonyl (C=O) groups is 1. The SMILES string of the molecule is O=C(Cn1cccnc1=O)NCc1ccnc(N2CCOCC2)c1. The summed E-state index contributed by atoms with van der Waals surface area (Å²) in [5.74, 6) is 0.642. The third kappa shape index (κ3) is 4.17. The molecule has 3 rings (SSSR count). The summed E-state index contributed by atoms with van der Waals surface area (Å²) in [6.45, 7) is 3.35. The predicted octanol–water partition coefficient (Wildman–Crippen LogP) is -0.209. The standard InChI is InChI=1S/C16H19N5O3/c22-15(12-21-5-1-3-18-16(21)23)19-11-13-2-4-17-14(10-13)20-6-8-24-9-7-20/h1-5,10H,6-9,11-12H2,(H,19,22). The van der Waals surface area contributed by atoms with Gasteiger partial charge in [-0.05, 0) is 23.8 Å². The Morgan fingerprint density at radius 3 is 2.88 bits per heavy atom. The number of rotatable bonds is 5. The molecule has 0 bridgehead atoms. The lowest BCUT2D eigenvalue weighted by atomic mass is 10.2. The second-order valence-corrected chi connectivity index (χ2v) is 5.43. The topological polar surface area (TPSA) is 89.3 Å². The third-order valence-electron chi connectivity index (χ3n) is 3.73. The van der Waals surface area contributed by atoms with Crippen LogP contribution in [0.4, 0.5) is 5.82 Å². The van der Waals surface area contributed by atoms with E-state index in [0.29, 0.717) is 19.8 Å². The van der Waals surface area contributed by atoms with Gasteiger partial charge in [0.2, 0.25) is 5.91 Å². The van der Waals surface area contributed by atoms with Crippen LogP contribution < -0.4 is 15.9 Å². The van der Waals surface area contributed by atoms with Gasteiger partial charge < -0.3 is 15.0 Å². The molecule has 2 aromatic rings. The number of carbonyl (C=O) groups excluding carboxylic acids is 1. The zero-order valence-electron chi connectivity index (χ0n) is 13.2. The molecule has 2 aromatic heterocycles. The first kappa shape index (κ1) is 16.1. The first-order valence-corrected chi connectivity index (χ1v) is 7.78. The summed E-state index contributed by atoms with van der Waals surface area (Å²) in [5, 5.41) is 2.81. The maximum Gasteiger partial charge on any atom is 0.347 e. The highest BCUT2D eigenvalue weighted by atomic mass is 16.5. The minimum Gasteiger partial charge on any atom is -0.378 e. The quantitative estimate of drug-likeness (QED) is 0.816. The molecule has 126 valence electrons. The fourth-order valence-corrected chi connectivity index (χ4v) is 2.45. The monoisotopic (exact) mass is 329 g/mol. The maximum absolute atomic E-state index is 12.0. The van der Waals surface area contributed by atoms with E-state index >= 15 is 0 Å². The van der Waals surface area contributed by atoms with Gasteiger partial charge in [0.15, 0.2) is 0 Å². The number of ether oxygens (including phenoxy) is 1. The fraction of sp³-hybridized carbons (Fsp3) is 0.375. The number of hydrogen-bond donors (Lipinski definition) is 1. The van der Waals surface area contributed by atoms with Gasteiger partial charge in [-0.15, -0.1) is 0 Å². The number of hydrogen-bond acceptors (Lipinski definition) is 6. The Morgan fingerprint density at radius 1 is 1.25 bits per heavy atom. The molecule has 0 aromatic carbocycles. The van der Waals surface area contributed by atoms with Gasteiger partial charge in [-0.1, -0.05) is 0 Å². The molecular formula is C16H19N5O3. The summed E-state index contributed by atoms with van der Waals surface area (Å²) in [4.78, 5) is 33.6. The minimum atomic E-state index is -0.439. The highest BCUT2D eigenvalue weighted by molar-refractivity contribution is 5.75. The molecule has 1 amide bonds. The van der Waals surface area contributed by atoms with Gasteiger partial charge in [0.25, 0.3) is 0 Å². The molecule has 1 fully saturated rings. The second kappa shape index (κ2) is 7.69. The van der Waals surface area contributed by atoms with Crippen LogP contribution in [0.3, 0.4) is 0 Å². The molecule has 0 aliphatic carbocycles. The van der Waals surface area contributed by atoms with Crippen LogP contribution >= 0.6 is 0 Å². The van der Waals surface area contributed by atoms with Crippen LogP contribution in [0.2, 0.25) is 0 Å². The Bertz CT molecular complexity index is 755. The summed E-state index contributed by atoms with van der Waals surface area (Å²) in [7, 11) is 0. The van der Waals surface area contributed by atoms with Gasteiger partial charge in [0.05, 0.1) is 13.2 Å². The van der Waals surface area contributed by atoms with Crippen molar-refractivity contribution in [2.45, 2.75) is 13.1 Å². The number of anilines is 1. The number of amides is 1. The first-order valence-electron chi connectivity index (χ1n) is 7.78. The average Bonchev–Trinajstić information content (AvgIpc) is 2.63. The van der Waals surface area contributed by atoms with E-state index < -0.39 is 5.69 Å². The van der Waals surface area contributed by atoms with Crippen LogP contribution in [0.25, 0.3) is 0 Å². The third-order valence-corrected chi connectivity index (χ3v) is 3.73. The largest absolute Gasteiger partial charge is 0.378 e. The van der Waals surface area contributed by atoms with E-state index in [1.807, 2.05) is 12.1 Å². The summed E-state index contributed by atoms with van der Waals surface area (Å²) >= 11 is 0. The summed E-state index contributed by atoms with van der Waals surface area (Å²) in [5.41, 5.74) is 0.518. The Kier molecular flexibility index (Phi) is 5.17. The van der Waals surface area contributed by atoms with Crippen LogP contribution in [-0.2, 0) is 22.6 Å². The van der Waals surface area contributed by atoms with E-state index in [1.165, 1.54) is 17.0 Å². The normalized spacial score (nSPS) is 14.4. The summed E-state index contributed by atoms with van der Waals surface area (Å²) in [6, 6.07) is 5.44. The highest BCUT2D eigenvalue weighted by Crippen LogP contribution is 2.14. The van der Waals surface area contributed by atoms with E-state index in [2.05, 4.69) is 20.2 Å². The van der Waals surface area contributed by atoms with Crippen LogP contribution in [0.15, 0.2) is 41.6 Å². The second-order valence-electron chi connectivity index (χ2n) is 5.43. The van der Waals surface area contributed by atoms with Crippen molar-refractivity contribution in [3.8, 4) is 0 Å². The zero-order valence-corrected chi connectivity index (χ0v) is 13.2. The molecule has 1 aliphatic rings. The molecule has 0 unspecified atom stereocenters. The fourth-order valence-electron chi connectivity index (χ4n) is 2.45. The molecule has 8 nitrogen and oxygen atoms in total. The molecule has 1 aliphatic heterocycles. The average molecular weight is 329 g/mol. The van der Waals surface area contributed by atoms with Gasteiger partial charge in [0, 0.05) is 38.2 Å².